The third-order valence-electron chi connectivity index (χ3n) is 2.38. The Bertz CT molecular complexity index is 374. The van der Waals surface area contributed by atoms with E-state index in [2.05, 4.69) is 4.74 Å². The first-order valence-corrected chi connectivity index (χ1v) is 6.54. The van der Waals surface area contributed by atoms with Crippen molar-refractivity contribution in [1.29, 1.82) is 0 Å². The molecule has 0 heterocycles. The average Bonchev–Trinajstić information content (AvgIpc) is 2.44. The number of alkyl halides is 3. The fourth-order valence-corrected chi connectivity index (χ4v) is 1.62. The molecule has 0 aliphatic heterocycles. The Hall–Kier alpha value is -1.36. The molecular formula is C15H23F3O2. The van der Waals surface area contributed by atoms with Crippen LogP contribution < -0.4 is 0 Å². The van der Waals surface area contributed by atoms with Crippen molar-refractivity contribution in [3.63, 3.8) is 0 Å². The van der Waals surface area contributed by atoms with E-state index in [0.717, 1.165) is 14.0 Å². The summed E-state index contributed by atoms with van der Waals surface area (Å²) < 4.78 is 43.4. The van der Waals surface area contributed by atoms with Gasteiger partial charge in [0, 0.05) is 12.7 Å². The Morgan fingerprint density at radius 2 is 1.40 bits per heavy atom. The molecular weight excluding hydrogens is 269 g/mol. The normalized spacial score (nSPS) is 13.1. The van der Waals surface area contributed by atoms with Crippen LogP contribution in [0.3, 0.4) is 0 Å². The van der Waals surface area contributed by atoms with Crippen LogP contribution in [0.2, 0.25) is 0 Å². The average molecular weight is 292 g/mol. The third kappa shape index (κ3) is 4.34. The molecule has 1 atom stereocenters. The Kier molecular flexibility index (Phi) is 9.98. The van der Waals surface area contributed by atoms with Crippen LogP contribution in [-0.2, 0) is 15.1 Å². The lowest BCUT2D eigenvalue weighted by molar-refractivity contribution is -0.263. The highest BCUT2D eigenvalue weighted by molar-refractivity contribution is 5.87. The second kappa shape index (κ2) is 9.53. The van der Waals surface area contributed by atoms with Crippen molar-refractivity contribution in [2.24, 2.45) is 0 Å². The number of ether oxygens (including phenoxy) is 1. The van der Waals surface area contributed by atoms with E-state index in [1.807, 2.05) is 27.7 Å². The molecule has 0 unspecified atom stereocenters. The highest BCUT2D eigenvalue weighted by atomic mass is 19.4. The van der Waals surface area contributed by atoms with Gasteiger partial charge in [0.15, 0.2) is 5.78 Å². The molecule has 116 valence electrons. The number of methoxy groups -OCH3 is 1. The van der Waals surface area contributed by atoms with Gasteiger partial charge < -0.3 is 4.74 Å². The zero-order valence-corrected chi connectivity index (χ0v) is 12.8. The van der Waals surface area contributed by atoms with Crippen molar-refractivity contribution in [2.75, 3.05) is 7.11 Å². The number of benzene rings is 1. The topological polar surface area (TPSA) is 26.3 Å². The van der Waals surface area contributed by atoms with Crippen molar-refractivity contribution in [1.82, 2.24) is 0 Å². The molecule has 0 amide bonds. The summed E-state index contributed by atoms with van der Waals surface area (Å²) in [7, 11) is 0.877. The molecule has 5 heteroatoms. The Morgan fingerprint density at radius 3 is 1.65 bits per heavy atom. The summed E-state index contributed by atoms with van der Waals surface area (Å²) in [6, 6.07) is 6.87. The van der Waals surface area contributed by atoms with E-state index in [1.165, 1.54) is 24.3 Å². The van der Waals surface area contributed by atoms with E-state index < -0.39 is 17.6 Å². The minimum Gasteiger partial charge on any atom is -0.358 e. The number of hydrogen-bond donors (Lipinski definition) is 0. The second-order valence-corrected chi connectivity index (χ2v) is 3.31. The molecule has 0 bridgehead atoms. The summed E-state index contributed by atoms with van der Waals surface area (Å²) in [6.45, 7) is 8.87. The van der Waals surface area contributed by atoms with E-state index in [0.29, 0.717) is 0 Å². The number of rotatable bonds is 3. The van der Waals surface area contributed by atoms with Gasteiger partial charge in [-0.2, -0.15) is 13.2 Å². The highest BCUT2D eigenvalue weighted by Gasteiger charge is 2.60. The lowest BCUT2D eigenvalue weighted by Gasteiger charge is -2.32. The monoisotopic (exact) mass is 292 g/mol. The first-order chi connectivity index (χ1) is 9.36. The maximum atomic E-state index is 13.0. The second-order valence-electron chi connectivity index (χ2n) is 3.31. The van der Waals surface area contributed by atoms with Crippen LogP contribution in [0.25, 0.3) is 0 Å². The fraction of sp³-hybridized carbons (Fsp3) is 0.533. The number of carbonyl (C=O) groups is 1. The minimum absolute atomic E-state index is 0.211. The number of hydrogen-bond acceptors (Lipinski definition) is 2. The SMILES string of the molecule is CC.CC.CO[C@@](C(C)=O)(c1ccccc1)C(F)(F)F. The van der Waals surface area contributed by atoms with Crippen LogP contribution in [0.1, 0.15) is 40.2 Å². The van der Waals surface area contributed by atoms with Gasteiger partial charge in [0.05, 0.1) is 0 Å². The van der Waals surface area contributed by atoms with Crippen LogP contribution in [0.15, 0.2) is 30.3 Å². The van der Waals surface area contributed by atoms with Crippen molar-refractivity contribution < 1.29 is 22.7 Å². The van der Waals surface area contributed by atoms with Gasteiger partial charge in [-0.3, -0.25) is 4.79 Å². The maximum absolute atomic E-state index is 13.0. The zero-order valence-electron chi connectivity index (χ0n) is 12.8. The van der Waals surface area contributed by atoms with E-state index in [-0.39, 0.29) is 5.56 Å². The maximum Gasteiger partial charge on any atom is 0.428 e. The predicted molar refractivity (Wildman–Crippen MR) is 74.6 cm³/mol. The number of ketones is 1. The van der Waals surface area contributed by atoms with Crippen molar-refractivity contribution in [3.8, 4) is 0 Å². The number of halogens is 3. The van der Waals surface area contributed by atoms with Gasteiger partial charge in [-0.1, -0.05) is 58.0 Å². The zero-order chi connectivity index (χ0) is 16.4. The molecule has 0 aliphatic rings. The van der Waals surface area contributed by atoms with Gasteiger partial charge >= 0.3 is 6.18 Å². The Balaban J connectivity index is 0. The van der Waals surface area contributed by atoms with E-state index in [1.54, 1.807) is 6.07 Å². The Morgan fingerprint density at radius 1 is 1.00 bits per heavy atom. The summed E-state index contributed by atoms with van der Waals surface area (Å²) in [6.07, 6.45) is -4.78. The summed E-state index contributed by atoms with van der Waals surface area (Å²) >= 11 is 0. The summed E-state index contributed by atoms with van der Waals surface area (Å²) in [5.74, 6) is -1.09. The number of carbonyl (C=O) groups excluding carboxylic acids is 1. The van der Waals surface area contributed by atoms with Crippen LogP contribution in [-0.4, -0.2) is 19.1 Å². The molecule has 0 saturated heterocycles. The quantitative estimate of drug-likeness (QED) is 0.805. The van der Waals surface area contributed by atoms with E-state index >= 15 is 0 Å². The highest BCUT2D eigenvalue weighted by Crippen LogP contribution is 2.42. The predicted octanol–water partition coefficient (Wildman–Crippen LogP) is 4.73. The van der Waals surface area contributed by atoms with Gasteiger partial charge in [0.1, 0.15) is 0 Å². The largest absolute Gasteiger partial charge is 0.428 e. The molecule has 0 fully saturated rings. The van der Waals surface area contributed by atoms with Gasteiger partial charge in [-0.15, -0.1) is 0 Å². The lowest BCUT2D eigenvalue weighted by Crippen LogP contribution is -2.49. The molecule has 0 aromatic heterocycles. The third-order valence-corrected chi connectivity index (χ3v) is 2.38. The molecule has 0 saturated carbocycles. The minimum atomic E-state index is -4.78. The first-order valence-electron chi connectivity index (χ1n) is 6.54. The molecule has 0 spiro atoms. The molecule has 20 heavy (non-hydrogen) atoms. The summed E-state index contributed by atoms with van der Waals surface area (Å²) in [5.41, 5.74) is -3.08. The number of Topliss-reactive ketones (excluding diaryl/α,β-unsaturated/α-hetero) is 1. The molecule has 0 N–H and O–H groups in total. The molecule has 2 nitrogen and oxygen atoms in total. The Labute approximate surface area is 118 Å². The van der Waals surface area contributed by atoms with Gasteiger partial charge in [0.25, 0.3) is 0 Å². The van der Waals surface area contributed by atoms with Crippen molar-refractivity contribution in [2.45, 2.75) is 46.4 Å². The van der Waals surface area contributed by atoms with Crippen molar-refractivity contribution >= 4 is 5.78 Å². The van der Waals surface area contributed by atoms with Gasteiger partial charge in [-0.25, -0.2) is 0 Å². The molecule has 0 aliphatic carbocycles. The smallest absolute Gasteiger partial charge is 0.358 e. The van der Waals surface area contributed by atoms with Crippen LogP contribution in [0, 0.1) is 0 Å². The van der Waals surface area contributed by atoms with Crippen LogP contribution in [0.5, 0.6) is 0 Å². The van der Waals surface area contributed by atoms with Gasteiger partial charge in [0.2, 0.25) is 5.60 Å². The lowest BCUT2D eigenvalue weighted by atomic mass is 9.89. The van der Waals surface area contributed by atoms with Crippen molar-refractivity contribution in [3.05, 3.63) is 35.9 Å². The van der Waals surface area contributed by atoms with E-state index in [4.69, 9.17) is 0 Å². The fourth-order valence-electron chi connectivity index (χ4n) is 1.62. The summed E-state index contributed by atoms with van der Waals surface area (Å²) in [5, 5.41) is 0. The van der Waals surface area contributed by atoms with Crippen LogP contribution in [0.4, 0.5) is 13.2 Å². The summed E-state index contributed by atoms with van der Waals surface area (Å²) in [4.78, 5) is 11.3. The molecule has 1 rings (SSSR count). The first kappa shape index (κ1) is 20.9. The van der Waals surface area contributed by atoms with E-state index in [9.17, 15) is 18.0 Å². The molecule has 0 radical (unpaired) electrons. The van der Waals surface area contributed by atoms with Crippen LogP contribution >= 0.6 is 0 Å². The standard InChI is InChI=1S/C11H11F3O2.2C2H6/c1-8(15)10(16-2,11(12,13)14)9-6-4-3-5-7-9;2*1-2/h3-7H,1-2H3;2*1-2H3/t10-;;/m0../s1. The molecule has 1 aromatic rings. The molecule has 1 aromatic carbocycles. The van der Waals surface area contributed by atoms with Gasteiger partial charge in [-0.05, 0) is 6.92 Å².